The summed E-state index contributed by atoms with van der Waals surface area (Å²) in [4.78, 5) is 27.1. The Morgan fingerprint density at radius 2 is 1.79 bits per heavy atom. The number of nitrogens with zero attached hydrogens (tertiary/aromatic N) is 1. The van der Waals surface area contributed by atoms with Crippen LogP contribution in [0.15, 0.2) is 47.2 Å². The van der Waals surface area contributed by atoms with Crippen molar-refractivity contribution in [1.82, 2.24) is 4.98 Å². The van der Waals surface area contributed by atoms with Crippen LogP contribution in [0.25, 0.3) is 0 Å². The molecule has 0 unspecified atom stereocenters. The fraction of sp³-hybridized carbons (Fsp3) is 0. The van der Waals surface area contributed by atoms with Crippen molar-refractivity contribution in [2.45, 2.75) is 0 Å². The quantitative estimate of drug-likeness (QED) is 0.852. The Morgan fingerprint density at radius 1 is 1.11 bits per heavy atom. The second kappa shape index (κ2) is 5.62. The van der Waals surface area contributed by atoms with E-state index >= 15 is 0 Å². The zero-order valence-electron chi connectivity index (χ0n) is 9.63. The number of halogens is 1. The van der Waals surface area contributed by atoms with Gasteiger partial charge in [0, 0.05) is 6.20 Å². The van der Waals surface area contributed by atoms with Crippen LogP contribution in [0.1, 0.15) is 20.7 Å². The molecule has 1 heterocycles. The summed E-state index contributed by atoms with van der Waals surface area (Å²) in [7, 11) is 0. The van der Waals surface area contributed by atoms with E-state index in [0.717, 1.165) is 0 Å². The van der Waals surface area contributed by atoms with Crippen molar-refractivity contribution < 1.29 is 14.7 Å². The third-order valence-electron chi connectivity index (χ3n) is 2.41. The molecule has 6 heteroatoms. The first-order valence-electron chi connectivity index (χ1n) is 5.34. The van der Waals surface area contributed by atoms with Gasteiger partial charge in [0.05, 0.1) is 16.8 Å². The van der Waals surface area contributed by atoms with Crippen molar-refractivity contribution >= 4 is 33.5 Å². The van der Waals surface area contributed by atoms with Crippen LogP contribution < -0.4 is 5.32 Å². The molecular weight excluding hydrogens is 312 g/mol. The summed E-state index contributed by atoms with van der Waals surface area (Å²) in [5, 5.41) is 11.6. The van der Waals surface area contributed by atoms with Gasteiger partial charge in [0.25, 0.3) is 5.91 Å². The van der Waals surface area contributed by atoms with E-state index < -0.39 is 11.9 Å². The number of aromatic nitrogens is 1. The number of carbonyl (C=O) groups is 2. The minimum atomic E-state index is -1.14. The SMILES string of the molecule is O=C(O)c1ccccc1C(=O)Nc1cccnc1Br. The lowest BCUT2D eigenvalue weighted by Gasteiger charge is -2.08. The molecule has 2 N–H and O–H groups in total. The van der Waals surface area contributed by atoms with Gasteiger partial charge in [-0.2, -0.15) is 0 Å². The Bertz CT molecular complexity index is 643. The molecule has 5 nitrogen and oxygen atoms in total. The van der Waals surface area contributed by atoms with Crippen LogP contribution in [0.4, 0.5) is 5.69 Å². The standard InChI is InChI=1S/C13H9BrN2O3/c14-11-10(6-3-7-15-11)16-12(17)8-4-1-2-5-9(8)13(18)19/h1-7H,(H,16,17)(H,18,19). The summed E-state index contributed by atoms with van der Waals surface area (Å²) in [5.41, 5.74) is 0.540. The molecule has 0 aliphatic carbocycles. The molecule has 0 bridgehead atoms. The zero-order valence-corrected chi connectivity index (χ0v) is 11.2. The van der Waals surface area contributed by atoms with E-state index in [0.29, 0.717) is 10.3 Å². The summed E-state index contributed by atoms with van der Waals surface area (Å²) in [6.07, 6.45) is 1.57. The van der Waals surface area contributed by atoms with Gasteiger partial charge in [-0.1, -0.05) is 12.1 Å². The zero-order chi connectivity index (χ0) is 13.8. The molecule has 0 aliphatic rings. The molecule has 0 aliphatic heterocycles. The molecule has 0 saturated carbocycles. The summed E-state index contributed by atoms with van der Waals surface area (Å²) >= 11 is 3.20. The number of rotatable bonds is 3. The van der Waals surface area contributed by atoms with Crippen LogP contribution in [-0.2, 0) is 0 Å². The number of benzene rings is 1. The maximum absolute atomic E-state index is 12.1. The molecule has 0 saturated heterocycles. The normalized spacial score (nSPS) is 9.95. The van der Waals surface area contributed by atoms with Crippen molar-refractivity contribution in [2.75, 3.05) is 5.32 Å². The number of pyridine rings is 1. The van der Waals surface area contributed by atoms with Crippen LogP contribution in [0.5, 0.6) is 0 Å². The highest BCUT2D eigenvalue weighted by Crippen LogP contribution is 2.20. The molecule has 19 heavy (non-hydrogen) atoms. The largest absolute Gasteiger partial charge is 0.478 e. The van der Waals surface area contributed by atoms with Gasteiger partial charge in [0.2, 0.25) is 0 Å². The molecular formula is C13H9BrN2O3. The number of nitrogens with one attached hydrogen (secondary N) is 1. The van der Waals surface area contributed by atoms with E-state index in [9.17, 15) is 9.59 Å². The third-order valence-corrected chi connectivity index (χ3v) is 3.04. The Hall–Kier alpha value is -2.21. The molecule has 2 rings (SSSR count). The minimum Gasteiger partial charge on any atom is -0.478 e. The number of carbonyl (C=O) groups excluding carboxylic acids is 1. The van der Waals surface area contributed by atoms with Gasteiger partial charge >= 0.3 is 5.97 Å². The maximum Gasteiger partial charge on any atom is 0.336 e. The summed E-state index contributed by atoms with van der Waals surface area (Å²) in [5.74, 6) is -1.64. The molecule has 1 aromatic heterocycles. The smallest absolute Gasteiger partial charge is 0.336 e. The minimum absolute atomic E-state index is 0.0417. The average molecular weight is 321 g/mol. The van der Waals surface area contributed by atoms with Crippen LogP contribution in [0, 0.1) is 0 Å². The molecule has 2 aromatic rings. The molecule has 1 aromatic carbocycles. The van der Waals surface area contributed by atoms with Gasteiger partial charge in [-0.3, -0.25) is 4.79 Å². The lowest BCUT2D eigenvalue weighted by atomic mass is 10.1. The molecule has 1 amide bonds. The molecule has 0 radical (unpaired) electrons. The van der Waals surface area contributed by atoms with Gasteiger partial charge in [-0.15, -0.1) is 0 Å². The fourth-order valence-electron chi connectivity index (χ4n) is 1.54. The highest BCUT2D eigenvalue weighted by atomic mass is 79.9. The first-order chi connectivity index (χ1) is 9.09. The van der Waals surface area contributed by atoms with Crippen LogP contribution in [0.2, 0.25) is 0 Å². The number of amides is 1. The molecule has 0 spiro atoms. The summed E-state index contributed by atoms with van der Waals surface area (Å²) < 4.78 is 0.483. The van der Waals surface area contributed by atoms with E-state index in [1.54, 1.807) is 30.5 Å². The van der Waals surface area contributed by atoms with E-state index in [1.165, 1.54) is 12.1 Å². The van der Waals surface area contributed by atoms with Crippen LogP contribution >= 0.6 is 15.9 Å². The Morgan fingerprint density at radius 3 is 2.42 bits per heavy atom. The second-order valence-corrected chi connectivity index (χ2v) is 4.40. The monoisotopic (exact) mass is 320 g/mol. The second-order valence-electron chi connectivity index (χ2n) is 3.65. The van der Waals surface area contributed by atoms with Crippen molar-refractivity contribution in [3.05, 3.63) is 58.3 Å². The topological polar surface area (TPSA) is 79.3 Å². The predicted molar refractivity (Wildman–Crippen MR) is 73.3 cm³/mol. The number of carboxylic acids is 1. The van der Waals surface area contributed by atoms with E-state index in [1.807, 2.05) is 0 Å². The average Bonchev–Trinajstić information content (AvgIpc) is 2.41. The van der Waals surface area contributed by atoms with Gasteiger partial charge < -0.3 is 10.4 Å². The van der Waals surface area contributed by atoms with E-state index in [2.05, 4.69) is 26.2 Å². The van der Waals surface area contributed by atoms with Gasteiger partial charge in [0.15, 0.2) is 0 Å². The molecule has 0 fully saturated rings. The Balaban J connectivity index is 2.31. The molecule has 96 valence electrons. The lowest BCUT2D eigenvalue weighted by molar-refractivity contribution is 0.0692. The van der Waals surface area contributed by atoms with Crippen molar-refractivity contribution in [2.24, 2.45) is 0 Å². The van der Waals surface area contributed by atoms with Gasteiger partial charge in [-0.25, -0.2) is 9.78 Å². The van der Waals surface area contributed by atoms with Crippen molar-refractivity contribution in [3.8, 4) is 0 Å². The van der Waals surface area contributed by atoms with E-state index in [-0.39, 0.29) is 11.1 Å². The van der Waals surface area contributed by atoms with E-state index in [4.69, 9.17) is 5.11 Å². The van der Waals surface area contributed by atoms with Crippen LogP contribution in [0.3, 0.4) is 0 Å². The number of aromatic carboxylic acids is 1. The third kappa shape index (κ3) is 2.97. The number of carboxylic acid groups (broad SMARTS) is 1. The maximum atomic E-state index is 12.1. The number of hydrogen-bond donors (Lipinski definition) is 2. The van der Waals surface area contributed by atoms with Crippen molar-refractivity contribution in [1.29, 1.82) is 0 Å². The highest BCUT2D eigenvalue weighted by Gasteiger charge is 2.16. The van der Waals surface area contributed by atoms with Gasteiger partial charge in [-0.05, 0) is 40.2 Å². The lowest BCUT2D eigenvalue weighted by Crippen LogP contribution is -2.16. The Labute approximate surface area is 117 Å². The van der Waals surface area contributed by atoms with Crippen LogP contribution in [-0.4, -0.2) is 22.0 Å². The van der Waals surface area contributed by atoms with Gasteiger partial charge in [0.1, 0.15) is 4.60 Å². The summed E-state index contributed by atoms with van der Waals surface area (Å²) in [6, 6.07) is 9.36. The molecule has 0 atom stereocenters. The summed E-state index contributed by atoms with van der Waals surface area (Å²) in [6.45, 7) is 0. The number of anilines is 1. The number of hydrogen-bond acceptors (Lipinski definition) is 3. The first-order valence-corrected chi connectivity index (χ1v) is 6.13. The highest BCUT2D eigenvalue weighted by molar-refractivity contribution is 9.10. The predicted octanol–water partition coefficient (Wildman–Crippen LogP) is 2.79. The Kier molecular flexibility index (Phi) is 3.91. The fourth-order valence-corrected chi connectivity index (χ4v) is 1.89. The van der Waals surface area contributed by atoms with Crippen molar-refractivity contribution in [3.63, 3.8) is 0 Å². The first kappa shape index (κ1) is 13.2.